The van der Waals surface area contributed by atoms with E-state index in [0.29, 0.717) is 12.1 Å². The first-order valence-corrected chi connectivity index (χ1v) is 8.57. The molecule has 4 nitrogen and oxygen atoms in total. The molecular formula is C21H26N2O2. The normalized spacial score (nSPS) is 11.9. The summed E-state index contributed by atoms with van der Waals surface area (Å²) in [4.78, 5) is 25.0. The molecule has 0 heterocycles. The van der Waals surface area contributed by atoms with E-state index in [1.807, 2.05) is 70.2 Å². The summed E-state index contributed by atoms with van der Waals surface area (Å²) in [6.07, 6.45) is 0. The van der Waals surface area contributed by atoms with E-state index in [1.54, 1.807) is 6.07 Å². The number of nitrogens with one attached hydrogen (secondary N) is 2. The molecule has 0 saturated heterocycles. The van der Waals surface area contributed by atoms with Crippen LogP contribution < -0.4 is 10.6 Å². The number of benzene rings is 2. The van der Waals surface area contributed by atoms with Gasteiger partial charge in [0.15, 0.2) is 0 Å². The van der Waals surface area contributed by atoms with Crippen LogP contribution >= 0.6 is 0 Å². The second-order valence-electron chi connectivity index (χ2n) is 6.77. The average molecular weight is 338 g/mol. The van der Waals surface area contributed by atoms with Gasteiger partial charge in [0.1, 0.15) is 6.04 Å². The maximum Gasteiger partial charge on any atom is 0.251 e. The summed E-state index contributed by atoms with van der Waals surface area (Å²) in [6.45, 7) is 8.25. The molecule has 1 atom stereocenters. The molecule has 2 aromatic carbocycles. The second-order valence-corrected chi connectivity index (χ2v) is 6.77. The summed E-state index contributed by atoms with van der Waals surface area (Å²) in [5.41, 5.74) is 3.79. The van der Waals surface area contributed by atoms with Gasteiger partial charge in [-0.05, 0) is 37.5 Å². The van der Waals surface area contributed by atoms with E-state index in [2.05, 4.69) is 10.6 Å². The Morgan fingerprint density at radius 2 is 1.64 bits per heavy atom. The van der Waals surface area contributed by atoms with Crippen LogP contribution in [0, 0.1) is 19.8 Å². The lowest BCUT2D eigenvalue weighted by Crippen LogP contribution is -2.49. The molecule has 0 saturated carbocycles. The monoisotopic (exact) mass is 338 g/mol. The zero-order valence-electron chi connectivity index (χ0n) is 15.3. The minimum atomic E-state index is -0.571. The highest BCUT2D eigenvalue weighted by Gasteiger charge is 2.24. The summed E-state index contributed by atoms with van der Waals surface area (Å²) >= 11 is 0. The minimum Gasteiger partial charge on any atom is -0.350 e. The molecule has 0 spiro atoms. The molecule has 0 aliphatic carbocycles. The third-order valence-electron chi connectivity index (χ3n) is 4.10. The number of carbonyl (C=O) groups is 2. The van der Waals surface area contributed by atoms with Crippen LogP contribution in [-0.2, 0) is 11.3 Å². The molecule has 0 bridgehead atoms. The Hall–Kier alpha value is -2.62. The van der Waals surface area contributed by atoms with Gasteiger partial charge in [-0.2, -0.15) is 0 Å². The Balaban J connectivity index is 2.00. The van der Waals surface area contributed by atoms with Gasteiger partial charge in [-0.1, -0.05) is 61.4 Å². The molecule has 132 valence electrons. The molecule has 2 amide bonds. The highest BCUT2D eigenvalue weighted by atomic mass is 16.2. The maximum absolute atomic E-state index is 12.5. The average Bonchev–Trinajstić information content (AvgIpc) is 2.58. The topological polar surface area (TPSA) is 58.2 Å². The quantitative estimate of drug-likeness (QED) is 0.848. The highest BCUT2D eigenvalue weighted by Crippen LogP contribution is 2.08. The zero-order chi connectivity index (χ0) is 18.4. The molecule has 4 heteroatoms. The van der Waals surface area contributed by atoms with Gasteiger partial charge < -0.3 is 10.6 Å². The summed E-state index contributed by atoms with van der Waals surface area (Å²) < 4.78 is 0. The van der Waals surface area contributed by atoms with Gasteiger partial charge in [-0.3, -0.25) is 9.59 Å². The summed E-state index contributed by atoms with van der Waals surface area (Å²) in [5.74, 6) is -0.406. The Bertz CT molecular complexity index is 736. The molecule has 25 heavy (non-hydrogen) atoms. The van der Waals surface area contributed by atoms with Crippen molar-refractivity contribution in [2.45, 2.75) is 40.3 Å². The zero-order valence-corrected chi connectivity index (χ0v) is 15.3. The van der Waals surface area contributed by atoms with E-state index in [0.717, 1.165) is 11.1 Å². The Kier molecular flexibility index (Phi) is 6.34. The van der Waals surface area contributed by atoms with E-state index in [4.69, 9.17) is 0 Å². The first kappa shape index (κ1) is 18.7. The molecule has 0 aliphatic heterocycles. The smallest absolute Gasteiger partial charge is 0.251 e. The van der Waals surface area contributed by atoms with Crippen LogP contribution in [-0.4, -0.2) is 17.9 Å². The fourth-order valence-electron chi connectivity index (χ4n) is 2.55. The standard InChI is InChI=1S/C21H26N2O2/c1-14(2)19(23-20(24)18-7-5-6-16(4)12-18)21(25)22-13-17-10-8-15(3)9-11-17/h5-12,14,19H,13H2,1-4H3,(H,22,25)(H,23,24). The first-order valence-electron chi connectivity index (χ1n) is 8.57. The maximum atomic E-state index is 12.5. The van der Waals surface area contributed by atoms with Crippen molar-refractivity contribution in [1.29, 1.82) is 0 Å². The Labute approximate surface area is 149 Å². The second kappa shape index (κ2) is 8.47. The lowest BCUT2D eigenvalue weighted by Gasteiger charge is -2.22. The molecular weight excluding hydrogens is 312 g/mol. The lowest BCUT2D eigenvalue weighted by atomic mass is 10.0. The third kappa shape index (κ3) is 5.45. The lowest BCUT2D eigenvalue weighted by molar-refractivity contribution is -0.124. The van der Waals surface area contributed by atoms with E-state index in [9.17, 15) is 9.59 Å². The number of rotatable bonds is 6. The van der Waals surface area contributed by atoms with Crippen LogP contribution in [0.3, 0.4) is 0 Å². The number of carbonyl (C=O) groups excluding carboxylic acids is 2. The van der Waals surface area contributed by atoms with Gasteiger partial charge >= 0.3 is 0 Å². The summed E-state index contributed by atoms with van der Waals surface area (Å²) in [7, 11) is 0. The Morgan fingerprint density at radius 3 is 2.24 bits per heavy atom. The van der Waals surface area contributed by atoms with Crippen LogP contribution in [0.5, 0.6) is 0 Å². The van der Waals surface area contributed by atoms with Gasteiger partial charge in [0, 0.05) is 12.1 Å². The van der Waals surface area contributed by atoms with Crippen molar-refractivity contribution in [3.8, 4) is 0 Å². The predicted octanol–water partition coefficient (Wildman–Crippen LogP) is 3.37. The summed E-state index contributed by atoms with van der Waals surface area (Å²) in [5, 5.41) is 5.77. The van der Waals surface area contributed by atoms with Gasteiger partial charge in [-0.25, -0.2) is 0 Å². The van der Waals surface area contributed by atoms with Crippen LogP contribution in [0.15, 0.2) is 48.5 Å². The first-order chi connectivity index (χ1) is 11.9. The molecule has 1 unspecified atom stereocenters. The molecule has 0 aromatic heterocycles. The Morgan fingerprint density at radius 1 is 0.960 bits per heavy atom. The van der Waals surface area contributed by atoms with Crippen molar-refractivity contribution in [3.05, 3.63) is 70.8 Å². The van der Waals surface area contributed by atoms with Gasteiger partial charge in [-0.15, -0.1) is 0 Å². The van der Waals surface area contributed by atoms with Crippen molar-refractivity contribution in [3.63, 3.8) is 0 Å². The molecule has 0 radical (unpaired) electrons. The van der Waals surface area contributed by atoms with E-state index < -0.39 is 6.04 Å². The third-order valence-corrected chi connectivity index (χ3v) is 4.10. The van der Waals surface area contributed by atoms with Gasteiger partial charge in [0.05, 0.1) is 0 Å². The van der Waals surface area contributed by atoms with E-state index >= 15 is 0 Å². The van der Waals surface area contributed by atoms with Crippen molar-refractivity contribution in [2.24, 2.45) is 5.92 Å². The molecule has 0 fully saturated rings. The fourth-order valence-corrected chi connectivity index (χ4v) is 2.55. The van der Waals surface area contributed by atoms with Crippen molar-refractivity contribution >= 4 is 11.8 Å². The molecule has 0 aliphatic rings. The molecule has 2 N–H and O–H groups in total. The van der Waals surface area contributed by atoms with Crippen molar-refractivity contribution in [1.82, 2.24) is 10.6 Å². The minimum absolute atomic E-state index is 0.00761. The number of hydrogen-bond acceptors (Lipinski definition) is 2. The largest absolute Gasteiger partial charge is 0.350 e. The number of hydrogen-bond donors (Lipinski definition) is 2. The molecule has 2 aromatic rings. The predicted molar refractivity (Wildman–Crippen MR) is 100 cm³/mol. The van der Waals surface area contributed by atoms with Crippen LogP contribution in [0.4, 0.5) is 0 Å². The van der Waals surface area contributed by atoms with Crippen molar-refractivity contribution < 1.29 is 9.59 Å². The molecule has 2 rings (SSSR count). The summed E-state index contributed by atoms with van der Waals surface area (Å²) in [6, 6.07) is 14.8. The van der Waals surface area contributed by atoms with Crippen LogP contribution in [0.25, 0.3) is 0 Å². The highest BCUT2D eigenvalue weighted by molar-refractivity contribution is 5.97. The van der Waals surface area contributed by atoms with E-state index in [1.165, 1.54) is 5.56 Å². The van der Waals surface area contributed by atoms with Crippen LogP contribution in [0.2, 0.25) is 0 Å². The van der Waals surface area contributed by atoms with Crippen LogP contribution in [0.1, 0.15) is 40.9 Å². The van der Waals surface area contributed by atoms with Gasteiger partial charge in [0.25, 0.3) is 5.91 Å². The SMILES string of the molecule is Cc1ccc(CNC(=O)C(NC(=O)c2cccc(C)c2)C(C)C)cc1. The number of amides is 2. The number of aryl methyl sites for hydroxylation is 2. The van der Waals surface area contributed by atoms with Crippen molar-refractivity contribution in [2.75, 3.05) is 0 Å². The van der Waals surface area contributed by atoms with E-state index in [-0.39, 0.29) is 17.7 Å². The van der Waals surface area contributed by atoms with Gasteiger partial charge in [0.2, 0.25) is 5.91 Å². The fraction of sp³-hybridized carbons (Fsp3) is 0.333.